The van der Waals surface area contributed by atoms with Crippen LogP contribution in [0.2, 0.25) is 0 Å². The number of benzene rings is 2. The van der Waals surface area contributed by atoms with Gasteiger partial charge in [-0.05, 0) is 17.7 Å². The third-order valence-corrected chi connectivity index (χ3v) is 4.82. The molecule has 0 spiro atoms. The molecular weight excluding hydrogens is 364 g/mol. The minimum absolute atomic E-state index is 0.0607. The van der Waals surface area contributed by atoms with Gasteiger partial charge in [0, 0.05) is 6.54 Å². The number of aromatic amines is 1. The van der Waals surface area contributed by atoms with E-state index in [1.165, 1.54) is 11.8 Å². The number of aromatic nitrogens is 4. The molecule has 0 aliphatic heterocycles. The maximum absolute atomic E-state index is 12.0. The lowest BCUT2D eigenvalue weighted by atomic mass is 10.2. The maximum atomic E-state index is 12.0. The fourth-order valence-corrected chi connectivity index (χ4v) is 3.41. The van der Waals surface area contributed by atoms with Crippen LogP contribution in [0.5, 0.6) is 0 Å². The first-order valence-corrected chi connectivity index (χ1v) is 9.25. The molecule has 0 aliphatic rings. The van der Waals surface area contributed by atoms with Crippen molar-refractivity contribution in [3.8, 4) is 0 Å². The van der Waals surface area contributed by atoms with E-state index in [9.17, 15) is 9.59 Å². The molecule has 0 unspecified atom stereocenters. The lowest BCUT2D eigenvalue weighted by Gasteiger charge is -2.06. The first kappa shape index (κ1) is 17.1. The van der Waals surface area contributed by atoms with Gasteiger partial charge in [-0.25, -0.2) is 14.9 Å². The van der Waals surface area contributed by atoms with Crippen molar-refractivity contribution in [1.29, 1.82) is 0 Å². The van der Waals surface area contributed by atoms with Gasteiger partial charge in [0.15, 0.2) is 5.16 Å². The molecule has 0 aliphatic carbocycles. The highest BCUT2D eigenvalue weighted by Crippen LogP contribution is 2.22. The summed E-state index contributed by atoms with van der Waals surface area (Å²) in [7, 11) is 0. The molecule has 136 valence electrons. The number of amides is 3. The predicted molar refractivity (Wildman–Crippen MR) is 102 cm³/mol. The first-order chi connectivity index (χ1) is 13.2. The SMILES string of the molecule is O=C(CSc1n[nH]c2nc3ccccc3n12)NC(=O)NCc1ccccc1. The van der Waals surface area contributed by atoms with E-state index in [0.29, 0.717) is 17.5 Å². The number of imide groups is 1. The lowest BCUT2D eigenvalue weighted by Crippen LogP contribution is -2.39. The number of hydrogen-bond donors (Lipinski definition) is 3. The number of H-pyrrole nitrogens is 1. The van der Waals surface area contributed by atoms with Crippen LogP contribution in [0, 0.1) is 0 Å². The number of carbonyl (C=O) groups excluding carboxylic acids is 2. The van der Waals surface area contributed by atoms with E-state index in [0.717, 1.165) is 16.6 Å². The molecule has 4 rings (SSSR count). The number of urea groups is 1. The number of hydrogen-bond acceptors (Lipinski definition) is 5. The summed E-state index contributed by atoms with van der Waals surface area (Å²) in [6.45, 7) is 0.355. The number of thioether (sulfide) groups is 1. The van der Waals surface area contributed by atoms with Crippen molar-refractivity contribution < 1.29 is 9.59 Å². The third kappa shape index (κ3) is 3.77. The second kappa shape index (κ2) is 7.50. The maximum Gasteiger partial charge on any atom is 0.321 e. The number of para-hydroxylation sites is 2. The molecular formula is C18H16N6O2S. The van der Waals surface area contributed by atoms with Crippen LogP contribution in [0.3, 0.4) is 0 Å². The predicted octanol–water partition coefficient (Wildman–Crippen LogP) is 2.33. The van der Waals surface area contributed by atoms with Gasteiger partial charge in [-0.2, -0.15) is 0 Å². The number of nitrogens with one attached hydrogen (secondary N) is 3. The Hall–Kier alpha value is -3.33. The Kier molecular flexibility index (Phi) is 4.75. The van der Waals surface area contributed by atoms with Crippen LogP contribution in [0.1, 0.15) is 5.56 Å². The molecule has 9 heteroatoms. The quantitative estimate of drug-likeness (QED) is 0.461. The molecule has 0 radical (unpaired) electrons. The zero-order chi connectivity index (χ0) is 18.6. The molecule has 0 bridgehead atoms. The molecule has 2 aromatic carbocycles. The van der Waals surface area contributed by atoms with Crippen molar-refractivity contribution in [2.45, 2.75) is 11.7 Å². The lowest BCUT2D eigenvalue weighted by molar-refractivity contribution is -0.117. The zero-order valence-electron chi connectivity index (χ0n) is 14.2. The van der Waals surface area contributed by atoms with Gasteiger partial charge in [0.2, 0.25) is 11.7 Å². The van der Waals surface area contributed by atoms with Crippen molar-refractivity contribution in [2.24, 2.45) is 0 Å². The Bertz CT molecular complexity index is 1100. The van der Waals surface area contributed by atoms with E-state index < -0.39 is 11.9 Å². The number of fused-ring (bicyclic) bond motifs is 3. The number of imidazole rings is 1. The topological polar surface area (TPSA) is 104 Å². The highest BCUT2D eigenvalue weighted by Gasteiger charge is 2.14. The van der Waals surface area contributed by atoms with Crippen LogP contribution >= 0.6 is 11.8 Å². The number of carbonyl (C=O) groups is 2. The van der Waals surface area contributed by atoms with Gasteiger partial charge in [0.05, 0.1) is 16.8 Å². The Balaban J connectivity index is 1.34. The van der Waals surface area contributed by atoms with E-state index in [1.807, 2.05) is 59.0 Å². The fourth-order valence-electron chi connectivity index (χ4n) is 2.65. The van der Waals surface area contributed by atoms with Crippen LogP contribution < -0.4 is 10.6 Å². The van der Waals surface area contributed by atoms with Crippen LogP contribution in [0.15, 0.2) is 59.8 Å². The van der Waals surface area contributed by atoms with Crippen molar-refractivity contribution in [1.82, 2.24) is 30.2 Å². The summed E-state index contributed by atoms with van der Waals surface area (Å²) in [6.07, 6.45) is 0. The molecule has 2 aromatic heterocycles. The molecule has 0 saturated heterocycles. The Morgan fingerprint density at radius 2 is 1.85 bits per heavy atom. The average Bonchev–Trinajstić information content (AvgIpc) is 3.25. The van der Waals surface area contributed by atoms with Crippen LogP contribution in [-0.4, -0.2) is 37.3 Å². The van der Waals surface area contributed by atoms with Crippen LogP contribution in [0.25, 0.3) is 16.8 Å². The number of nitrogens with zero attached hydrogens (tertiary/aromatic N) is 3. The van der Waals surface area contributed by atoms with Gasteiger partial charge in [-0.15, -0.1) is 5.10 Å². The summed E-state index contributed by atoms with van der Waals surface area (Å²) >= 11 is 1.23. The summed E-state index contributed by atoms with van der Waals surface area (Å²) in [5.74, 6) is 0.274. The van der Waals surface area contributed by atoms with Crippen molar-refractivity contribution in [3.63, 3.8) is 0 Å². The van der Waals surface area contributed by atoms with Crippen molar-refractivity contribution in [3.05, 3.63) is 60.2 Å². The second-order valence-electron chi connectivity index (χ2n) is 5.77. The normalized spacial score (nSPS) is 11.0. The van der Waals surface area contributed by atoms with Crippen LogP contribution in [0.4, 0.5) is 4.79 Å². The second-order valence-corrected chi connectivity index (χ2v) is 6.71. The van der Waals surface area contributed by atoms with Gasteiger partial charge in [0.25, 0.3) is 0 Å². The summed E-state index contributed by atoms with van der Waals surface area (Å²) in [4.78, 5) is 28.3. The summed E-state index contributed by atoms with van der Waals surface area (Å²) in [5.41, 5.74) is 2.71. The fraction of sp³-hybridized carbons (Fsp3) is 0.111. The van der Waals surface area contributed by atoms with E-state index in [2.05, 4.69) is 25.8 Å². The van der Waals surface area contributed by atoms with E-state index >= 15 is 0 Å². The zero-order valence-corrected chi connectivity index (χ0v) is 15.0. The minimum Gasteiger partial charge on any atom is -0.334 e. The highest BCUT2D eigenvalue weighted by molar-refractivity contribution is 7.99. The minimum atomic E-state index is -0.523. The third-order valence-electron chi connectivity index (χ3n) is 3.88. The molecule has 4 aromatic rings. The molecule has 3 amide bonds. The first-order valence-electron chi connectivity index (χ1n) is 8.26. The smallest absolute Gasteiger partial charge is 0.321 e. The van der Waals surface area contributed by atoms with Gasteiger partial charge >= 0.3 is 6.03 Å². The highest BCUT2D eigenvalue weighted by atomic mass is 32.2. The monoisotopic (exact) mass is 380 g/mol. The van der Waals surface area contributed by atoms with E-state index in [4.69, 9.17) is 0 Å². The van der Waals surface area contributed by atoms with Gasteiger partial charge in [-0.1, -0.05) is 54.2 Å². The standard InChI is InChI=1S/C18H16N6O2S/c25-15(21-17(26)19-10-12-6-2-1-3-7-12)11-27-18-23-22-16-20-13-8-4-5-9-14(13)24(16)18/h1-9H,10-11H2,(H,20,22)(H2,19,21,25,26). The van der Waals surface area contributed by atoms with Crippen molar-refractivity contribution in [2.75, 3.05) is 5.75 Å². The number of rotatable bonds is 5. The molecule has 3 N–H and O–H groups in total. The van der Waals surface area contributed by atoms with Crippen molar-refractivity contribution >= 4 is 40.5 Å². The summed E-state index contributed by atoms with van der Waals surface area (Å²) in [6, 6.07) is 16.6. The van der Waals surface area contributed by atoms with Gasteiger partial charge in [0.1, 0.15) is 0 Å². The van der Waals surface area contributed by atoms with E-state index in [-0.39, 0.29) is 5.75 Å². The van der Waals surface area contributed by atoms with Gasteiger partial charge in [-0.3, -0.25) is 14.5 Å². The summed E-state index contributed by atoms with van der Waals surface area (Å²) < 4.78 is 1.85. The Morgan fingerprint density at radius 3 is 2.70 bits per heavy atom. The molecule has 0 atom stereocenters. The van der Waals surface area contributed by atoms with E-state index in [1.54, 1.807) is 0 Å². The van der Waals surface area contributed by atoms with Gasteiger partial charge < -0.3 is 5.32 Å². The largest absolute Gasteiger partial charge is 0.334 e. The molecule has 0 saturated carbocycles. The van der Waals surface area contributed by atoms with Crippen LogP contribution in [-0.2, 0) is 11.3 Å². The molecule has 2 heterocycles. The average molecular weight is 380 g/mol. The Labute approximate surface area is 158 Å². The molecule has 27 heavy (non-hydrogen) atoms. The Morgan fingerprint density at radius 1 is 1.07 bits per heavy atom. The molecule has 8 nitrogen and oxygen atoms in total. The summed E-state index contributed by atoms with van der Waals surface area (Å²) in [5, 5.41) is 12.6. The molecule has 0 fully saturated rings.